The maximum Gasteiger partial charge on any atom is 0.266 e. The van der Waals surface area contributed by atoms with Gasteiger partial charge in [-0.15, -0.1) is 0 Å². The molecule has 31 heavy (non-hydrogen) atoms. The van der Waals surface area contributed by atoms with Crippen molar-refractivity contribution in [3.8, 4) is 17.6 Å². The van der Waals surface area contributed by atoms with E-state index in [1.54, 1.807) is 37.4 Å². The lowest BCUT2D eigenvalue weighted by atomic mass is 10.1. The lowest BCUT2D eigenvalue weighted by Crippen LogP contribution is -2.13. The molecule has 0 radical (unpaired) electrons. The van der Waals surface area contributed by atoms with E-state index in [2.05, 4.69) is 27.9 Å². The Kier molecular flexibility index (Phi) is 7.93. The maximum absolute atomic E-state index is 12.5. The van der Waals surface area contributed by atoms with Crippen LogP contribution < -0.4 is 14.8 Å². The minimum Gasteiger partial charge on any atom is -0.493 e. The third-order valence-electron chi connectivity index (χ3n) is 4.28. The van der Waals surface area contributed by atoms with Crippen molar-refractivity contribution in [2.75, 3.05) is 12.4 Å². The average Bonchev–Trinajstić information content (AvgIpc) is 2.78. The van der Waals surface area contributed by atoms with Gasteiger partial charge >= 0.3 is 0 Å². The van der Waals surface area contributed by atoms with Crippen molar-refractivity contribution >= 4 is 51.9 Å². The smallest absolute Gasteiger partial charge is 0.266 e. The molecule has 0 aliphatic heterocycles. The molecular formula is C24H18ClIN2O3. The number of methoxy groups -OCH3 is 1. The number of nitrogens with one attached hydrogen (secondary N) is 1. The molecule has 0 aliphatic carbocycles. The summed E-state index contributed by atoms with van der Waals surface area (Å²) in [5.41, 5.74) is 2.05. The van der Waals surface area contributed by atoms with Gasteiger partial charge in [0.05, 0.1) is 21.4 Å². The molecule has 0 saturated heterocycles. The Morgan fingerprint density at radius 1 is 1.16 bits per heavy atom. The highest BCUT2D eigenvalue weighted by molar-refractivity contribution is 14.1. The Balaban J connectivity index is 1.83. The fraction of sp³-hybridized carbons (Fsp3) is 0.0833. The fourth-order valence-electron chi connectivity index (χ4n) is 2.76. The van der Waals surface area contributed by atoms with Gasteiger partial charge in [0, 0.05) is 0 Å². The molecule has 1 N–H and O–H groups in total. The largest absolute Gasteiger partial charge is 0.493 e. The van der Waals surface area contributed by atoms with E-state index in [0.29, 0.717) is 34.4 Å². The minimum atomic E-state index is -0.547. The van der Waals surface area contributed by atoms with Crippen LogP contribution in [0.1, 0.15) is 11.1 Å². The van der Waals surface area contributed by atoms with Gasteiger partial charge in [0.25, 0.3) is 5.91 Å². The van der Waals surface area contributed by atoms with Gasteiger partial charge in [0.15, 0.2) is 11.5 Å². The summed E-state index contributed by atoms with van der Waals surface area (Å²) in [7, 11) is 1.55. The van der Waals surface area contributed by atoms with Crippen molar-refractivity contribution in [1.82, 2.24) is 0 Å². The van der Waals surface area contributed by atoms with Gasteiger partial charge in [-0.3, -0.25) is 4.79 Å². The molecule has 0 aliphatic rings. The molecule has 0 aromatic heterocycles. The molecule has 3 aromatic carbocycles. The molecule has 156 valence electrons. The zero-order valence-electron chi connectivity index (χ0n) is 16.6. The second-order valence-corrected chi connectivity index (χ2v) is 7.98. The van der Waals surface area contributed by atoms with Crippen LogP contribution in [0.25, 0.3) is 6.08 Å². The Morgan fingerprint density at radius 2 is 1.87 bits per heavy atom. The first kappa shape index (κ1) is 22.7. The number of hydrogen-bond donors (Lipinski definition) is 1. The summed E-state index contributed by atoms with van der Waals surface area (Å²) < 4.78 is 12.2. The Hall–Kier alpha value is -3.02. The van der Waals surface area contributed by atoms with Crippen molar-refractivity contribution in [3.63, 3.8) is 0 Å². The van der Waals surface area contributed by atoms with Crippen LogP contribution in [-0.2, 0) is 11.4 Å². The number of rotatable bonds is 7. The minimum absolute atomic E-state index is 0.0595. The summed E-state index contributed by atoms with van der Waals surface area (Å²) in [6.45, 7) is 0.395. The van der Waals surface area contributed by atoms with E-state index in [-0.39, 0.29) is 5.57 Å². The number of carbonyl (C=O) groups is 1. The van der Waals surface area contributed by atoms with Crippen molar-refractivity contribution in [1.29, 1.82) is 5.26 Å². The van der Waals surface area contributed by atoms with Crippen LogP contribution >= 0.6 is 34.2 Å². The molecule has 1 amide bonds. The molecule has 0 atom stereocenters. The lowest BCUT2D eigenvalue weighted by Gasteiger charge is -2.14. The number of carbonyl (C=O) groups excluding carboxylic acids is 1. The number of nitrogens with zero attached hydrogens (tertiary/aromatic N) is 1. The maximum atomic E-state index is 12.5. The van der Waals surface area contributed by atoms with Gasteiger partial charge in [0.2, 0.25) is 0 Å². The highest BCUT2D eigenvalue weighted by Crippen LogP contribution is 2.35. The summed E-state index contributed by atoms with van der Waals surface area (Å²) >= 11 is 8.22. The van der Waals surface area contributed by atoms with Crippen molar-refractivity contribution in [2.45, 2.75) is 6.61 Å². The van der Waals surface area contributed by atoms with Crippen molar-refractivity contribution in [3.05, 3.63) is 92.0 Å². The van der Waals surface area contributed by atoms with E-state index >= 15 is 0 Å². The van der Waals surface area contributed by atoms with Crippen molar-refractivity contribution < 1.29 is 14.3 Å². The second-order valence-electron chi connectivity index (χ2n) is 6.41. The number of nitriles is 1. The quantitative estimate of drug-likeness (QED) is 0.222. The lowest BCUT2D eigenvalue weighted by molar-refractivity contribution is -0.112. The Morgan fingerprint density at radius 3 is 2.55 bits per heavy atom. The molecule has 7 heteroatoms. The van der Waals surface area contributed by atoms with Crippen LogP contribution in [0, 0.1) is 14.9 Å². The zero-order chi connectivity index (χ0) is 22.2. The monoisotopic (exact) mass is 544 g/mol. The first-order chi connectivity index (χ1) is 15.0. The Labute approximate surface area is 199 Å². The highest BCUT2D eigenvalue weighted by Gasteiger charge is 2.15. The molecule has 0 fully saturated rings. The normalized spacial score (nSPS) is 10.8. The second kappa shape index (κ2) is 10.8. The number of amides is 1. The van der Waals surface area contributed by atoms with Crippen LogP contribution in [0.2, 0.25) is 5.02 Å². The average molecular weight is 545 g/mol. The summed E-state index contributed by atoms with van der Waals surface area (Å²) in [5, 5.41) is 12.5. The summed E-state index contributed by atoms with van der Waals surface area (Å²) in [4.78, 5) is 12.5. The van der Waals surface area contributed by atoms with Crippen LogP contribution in [-0.4, -0.2) is 13.0 Å². The summed E-state index contributed by atoms with van der Waals surface area (Å²) in [6, 6.07) is 22.1. The van der Waals surface area contributed by atoms with Gasteiger partial charge in [0.1, 0.15) is 18.2 Å². The molecule has 0 bridgehead atoms. The third-order valence-corrected chi connectivity index (χ3v) is 5.41. The van der Waals surface area contributed by atoms with E-state index in [4.69, 9.17) is 21.1 Å². The molecular weight excluding hydrogens is 527 g/mol. The number of benzene rings is 3. The van der Waals surface area contributed by atoms with Crippen LogP contribution in [0.3, 0.4) is 0 Å². The van der Waals surface area contributed by atoms with E-state index < -0.39 is 5.91 Å². The van der Waals surface area contributed by atoms with E-state index in [1.807, 2.05) is 42.5 Å². The number of hydrogen-bond acceptors (Lipinski definition) is 4. The molecule has 3 rings (SSSR count). The van der Waals surface area contributed by atoms with Gasteiger partial charge in [-0.2, -0.15) is 5.26 Å². The highest BCUT2D eigenvalue weighted by atomic mass is 127. The topological polar surface area (TPSA) is 71.3 Å². The number of anilines is 1. The van der Waals surface area contributed by atoms with Crippen molar-refractivity contribution in [2.24, 2.45) is 0 Å². The van der Waals surface area contributed by atoms with Crippen LogP contribution in [0.4, 0.5) is 5.69 Å². The third kappa shape index (κ3) is 6.00. The molecule has 0 unspecified atom stereocenters. The van der Waals surface area contributed by atoms with E-state index in [9.17, 15) is 10.1 Å². The van der Waals surface area contributed by atoms with Gasteiger partial charge in [-0.05, 0) is 64.1 Å². The zero-order valence-corrected chi connectivity index (χ0v) is 19.5. The molecule has 0 saturated carbocycles. The van der Waals surface area contributed by atoms with E-state index in [0.717, 1.165) is 9.13 Å². The molecule has 5 nitrogen and oxygen atoms in total. The molecule has 0 heterocycles. The predicted octanol–water partition coefficient (Wildman–Crippen LogP) is 6.08. The number of para-hydroxylation sites is 1. The van der Waals surface area contributed by atoms with Crippen LogP contribution in [0.15, 0.2) is 72.3 Å². The SMILES string of the molecule is COc1cc(/C=C(\C#N)C(=O)Nc2ccccc2Cl)cc(I)c1OCc1ccccc1. The molecule has 3 aromatic rings. The van der Waals surface area contributed by atoms with Gasteiger partial charge in [-0.25, -0.2) is 0 Å². The van der Waals surface area contributed by atoms with Crippen LogP contribution in [0.5, 0.6) is 11.5 Å². The number of halogens is 2. The molecule has 0 spiro atoms. The Bertz CT molecular complexity index is 1160. The fourth-order valence-corrected chi connectivity index (χ4v) is 3.72. The number of ether oxygens (including phenoxy) is 2. The predicted molar refractivity (Wildman–Crippen MR) is 130 cm³/mol. The standard InChI is InChI=1S/C24H18ClIN2O3/c1-30-22-13-17(12-20(26)23(22)31-15-16-7-3-2-4-8-16)11-18(14-27)24(29)28-21-10-6-5-9-19(21)25/h2-13H,15H2,1H3,(H,28,29)/b18-11+. The first-order valence-corrected chi connectivity index (χ1v) is 10.7. The van der Waals surface area contributed by atoms with Gasteiger partial charge in [-0.1, -0.05) is 54.1 Å². The van der Waals surface area contributed by atoms with Gasteiger partial charge < -0.3 is 14.8 Å². The first-order valence-electron chi connectivity index (χ1n) is 9.23. The van der Waals surface area contributed by atoms with E-state index in [1.165, 1.54) is 6.08 Å². The summed E-state index contributed by atoms with van der Waals surface area (Å²) in [6.07, 6.45) is 1.50. The summed E-state index contributed by atoms with van der Waals surface area (Å²) in [5.74, 6) is 0.565.